The molecule has 23 heavy (non-hydrogen) atoms. The summed E-state index contributed by atoms with van der Waals surface area (Å²) in [5.74, 6) is 1.72. The van der Waals surface area contributed by atoms with Crippen molar-refractivity contribution in [2.45, 2.75) is 39.8 Å². The molecule has 126 valence electrons. The largest absolute Gasteiger partial charge is 0.361 e. The third-order valence-electron chi connectivity index (χ3n) is 3.57. The van der Waals surface area contributed by atoms with Crippen LogP contribution in [0.5, 0.6) is 0 Å². The van der Waals surface area contributed by atoms with Gasteiger partial charge in [-0.15, -0.1) is 24.0 Å². The molecule has 1 heterocycles. The van der Waals surface area contributed by atoms with E-state index in [1.807, 2.05) is 18.2 Å². The zero-order valence-corrected chi connectivity index (χ0v) is 16.3. The molecule has 1 aromatic heterocycles. The first-order valence-electron chi connectivity index (χ1n) is 7.73. The Morgan fingerprint density at radius 1 is 1.09 bits per heavy atom. The first kappa shape index (κ1) is 19.5. The molecule has 0 unspecified atom stereocenters. The molecule has 2 N–H and O–H groups in total. The van der Waals surface area contributed by atoms with Crippen molar-refractivity contribution in [3.63, 3.8) is 0 Å². The van der Waals surface area contributed by atoms with E-state index < -0.39 is 0 Å². The molecule has 0 saturated heterocycles. The molecular formula is C17H25IN4O. The van der Waals surface area contributed by atoms with Gasteiger partial charge in [0.1, 0.15) is 5.76 Å². The summed E-state index contributed by atoms with van der Waals surface area (Å²) in [6, 6.07) is 10.3. The van der Waals surface area contributed by atoms with Crippen LogP contribution in [0.4, 0.5) is 0 Å². The Labute approximate surface area is 155 Å². The number of hydrogen-bond acceptors (Lipinski definition) is 3. The predicted octanol–water partition coefficient (Wildman–Crippen LogP) is 3.28. The van der Waals surface area contributed by atoms with Gasteiger partial charge in [0.25, 0.3) is 0 Å². The predicted molar refractivity (Wildman–Crippen MR) is 104 cm³/mol. The molecule has 5 nitrogen and oxygen atoms in total. The van der Waals surface area contributed by atoms with E-state index in [9.17, 15) is 0 Å². The summed E-state index contributed by atoms with van der Waals surface area (Å²) in [5.41, 5.74) is 3.38. The minimum atomic E-state index is 0. The van der Waals surface area contributed by atoms with Gasteiger partial charge in [-0.05, 0) is 12.0 Å². The summed E-state index contributed by atoms with van der Waals surface area (Å²) in [6.07, 6.45) is 1.72. The first-order chi connectivity index (χ1) is 10.8. The van der Waals surface area contributed by atoms with E-state index in [4.69, 9.17) is 4.52 Å². The highest BCUT2D eigenvalue weighted by atomic mass is 127. The number of rotatable bonds is 6. The van der Waals surface area contributed by atoms with E-state index in [-0.39, 0.29) is 24.0 Å². The minimum absolute atomic E-state index is 0. The van der Waals surface area contributed by atoms with Crippen LogP contribution in [-0.4, -0.2) is 18.2 Å². The fourth-order valence-electron chi connectivity index (χ4n) is 2.31. The molecule has 0 spiro atoms. The zero-order chi connectivity index (χ0) is 15.8. The highest BCUT2D eigenvalue weighted by molar-refractivity contribution is 14.0. The number of halogens is 1. The van der Waals surface area contributed by atoms with Gasteiger partial charge in [0, 0.05) is 32.1 Å². The van der Waals surface area contributed by atoms with Crippen LogP contribution in [0.15, 0.2) is 39.8 Å². The van der Waals surface area contributed by atoms with E-state index in [2.05, 4.69) is 46.8 Å². The number of nitrogens with one attached hydrogen (secondary N) is 2. The lowest BCUT2D eigenvalue weighted by Gasteiger charge is -2.12. The maximum absolute atomic E-state index is 5.38. The molecular weight excluding hydrogens is 403 g/mol. The molecule has 0 bridgehead atoms. The van der Waals surface area contributed by atoms with E-state index in [1.54, 1.807) is 7.05 Å². The first-order valence-corrected chi connectivity index (χ1v) is 7.73. The zero-order valence-electron chi connectivity index (χ0n) is 13.9. The molecule has 0 atom stereocenters. The van der Waals surface area contributed by atoms with Gasteiger partial charge in [-0.1, -0.05) is 49.3 Å². The molecule has 0 saturated carbocycles. The van der Waals surface area contributed by atoms with Gasteiger partial charge in [0.2, 0.25) is 0 Å². The summed E-state index contributed by atoms with van der Waals surface area (Å²) in [6.45, 7) is 5.57. The van der Waals surface area contributed by atoms with Gasteiger partial charge >= 0.3 is 0 Å². The van der Waals surface area contributed by atoms with Crippen LogP contribution in [-0.2, 0) is 25.9 Å². The maximum atomic E-state index is 5.38. The summed E-state index contributed by atoms with van der Waals surface area (Å²) in [4.78, 5) is 4.26. The monoisotopic (exact) mass is 428 g/mol. The normalized spacial score (nSPS) is 11.0. The number of guanidine groups is 1. The third-order valence-corrected chi connectivity index (χ3v) is 3.57. The Morgan fingerprint density at radius 3 is 2.39 bits per heavy atom. The fourth-order valence-corrected chi connectivity index (χ4v) is 2.31. The van der Waals surface area contributed by atoms with Crippen molar-refractivity contribution in [1.29, 1.82) is 0 Å². The van der Waals surface area contributed by atoms with Crippen molar-refractivity contribution in [2.75, 3.05) is 7.05 Å². The Hall–Kier alpha value is -1.57. The summed E-state index contributed by atoms with van der Waals surface area (Å²) < 4.78 is 5.38. The van der Waals surface area contributed by atoms with Crippen LogP contribution in [0.2, 0.25) is 0 Å². The number of aryl methyl sites for hydroxylation is 2. The minimum Gasteiger partial charge on any atom is -0.361 e. The molecule has 2 rings (SSSR count). The van der Waals surface area contributed by atoms with E-state index >= 15 is 0 Å². The second-order valence-electron chi connectivity index (χ2n) is 5.00. The highest BCUT2D eigenvalue weighted by Gasteiger charge is 2.13. The van der Waals surface area contributed by atoms with Gasteiger partial charge in [-0.25, -0.2) is 0 Å². The molecule has 0 aliphatic carbocycles. The third kappa shape index (κ3) is 5.53. The van der Waals surface area contributed by atoms with Crippen molar-refractivity contribution >= 4 is 29.9 Å². The average molecular weight is 428 g/mol. The lowest BCUT2D eigenvalue weighted by Crippen LogP contribution is -2.36. The van der Waals surface area contributed by atoms with E-state index in [0.717, 1.165) is 42.4 Å². The average Bonchev–Trinajstić information content (AvgIpc) is 2.98. The SMILES string of the molecule is CCc1noc(CC)c1CNC(=NC)NCc1ccccc1.I. The Bertz CT molecular complexity index is 589. The number of nitrogens with zero attached hydrogens (tertiary/aromatic N) is 2. The molecule has 1 aromatic carbocycles. The second kappa shape index (κ2) is 10.3. The number of aromatic nitrogens is 1. The van der Waals surface area contributed by atoms with Gasteiger partial charge in [0.05, 0.1) is 5.69 Å². The Balaban J connectivity index is 0.00000264. The van der Waals surface area contributed by atoms with Gasteiger partial charge < -0.3 is 15.2 Å². The topological polar surface area (TPSA) is 62.5 Å². The van der Waals surface area contributed by atoms with Crippen LogP contribution in [0.1, 0.15) is 36.4 Å². The van der Waals surface area contributed by atoms with Gasteiger partial charge in [-0.2, -0.15) is 0 Å². The molecule has 0 radical (unpaired) electrons. The maximum Gasteiger partial charge on any atom is 0.191 e. The quantitative estimate of drug-likeness (QED) is 0.421. The van der Waals surface area contributed by atoms with Crippen molar-refractivity contribution in [2.24, 2.45) is 4.99 Å². The van der Waals surface area contributed by atoms with E-state index in [1.165, 1.54) is 5.56 Å². The van der Waals surface area contributed by atoms with Gasteiger partial charge in [0.15, 0.2) is 5.96 Å². The lowest BCUT2D eigenvalue weighted by atomic mass is 10.1. The smallest absolute Gasteiger partial charge is 0.191 e. The van der Waals surface area contributed by atoms with Gasteiger partial charge in [-0.3, -0.25) is 4.99 Å². The van der Waals surface area contributed by atoms with Crippen molar-refractivity contribution in [1.82, 2.24) is 15.8 Å². The van der Waals surface area contributed by atoms with E-state index in [0.29, 0.717) is 6.54 Å². The van der Waals surface area contributed by atoms with Crippen LogP contribution in [0, 0.1) is 0 Å². The molecule has 0 aliphatic rings. The Morgan fingerprint density at radius 2 is 1.78 bits per heavy atom. The molecule has 6 heteroatoms. The highest BCUT2D eigenvalue weighted by Crippen LogP contribution is 2.15. The van der Waals surface area contributed by atoms with Crippen LogP contribution in [0.3, 0.4) is 0 Å². The van der Waals surface area contributed by atoms with Crippen molar-refractivity contribution in [3.05, 3.63) is 52.9 Å². The molecule has 0 amide bonds. The summed E-state index contributed by atoms with van der Waals surface area (Å²) >= 11 is 0. The Kier molecular flexibility index (Phi) is 8.68. The van der Waals surface area contributed by atoms with Crippen molar-refractivity contribution < 1.29 is 4.52 Å². The fraction of sp³-hybridized carbons (Fsp3) is 0.412. The number of aliphatic imine (C=N–C) groups is 1. The summed E-state index contributed by atoms with van der Waals surface area (Å²) in [5, 5.41) is 10.8. The van der Waals surface area contributed by atoms with Crippen LogP contribution < -0.4 is 10.6 Å². The number of benzene rings is 1. The molecule has 0 fully saturated rings. The van der Waals surface area contributed by atoms with Crippen molar-refractivity contribution in [3.8, 4) is 0 Å². The summed E-state index contributed by atoms with van der Waals surface area (Å²) in [7, 11) is 1.77. The lowest BCUT2D eigenvalue weighted by molar-refractivity contribution is 0.380. The van der Waals surface area contributed by atoms with Crippen LogP contribution in [0.25, 0.3) is 0 Å². The molecule has 0 aliphatic heterocycles. The number of hydrogen-bond donors (Lipinski definition) is 2. The van der Waals surface area contributed by atoms with Crippen LogP contribution >= 0.6 is 24.0 Å². The second-order valence-corrected chi connectivity index (χ2v) is 5.00. The molecule has 2 aromatic rings. The standard InChI is InChI=1S/C17H24N4O.HI/c1-4-15-14(16(5-2)22-21-15)12-20-17(18-3)19-11-13-9-7-6-8-10-13;/h6-10H,4-5,11-12H2,1-3H3,(H2,18,19,20);1H.